The van der Waals surface area contributed by atoms with E-state index < -0.39 is 0 Å². The fourth-order valence-electron chi connectivity index (χ4n) is 3.14. The molecule has 1 amide bonds. The van der Waals surface area contributed by atoms with E-state index in [2.05, 4.69) is 20.5 Å². The average molecular weight is 395 g/mol. The van der Waals surface area contributed by atoms with Crippen molar-refractivity contribution in [2.24, 2.45) is 4.99 Å². The number of hydrogen-bond acceptors (Lipinski definition) is 4. The van der Waals surface area contributed by atoms with E-state index in [9.17, 15) is 4.79 Å². The Balaban J connectivity index is 1.71. The van der Waals surface area contributed by atoms with Gasteiger partial charge >= 0.3 is 0 Å². The Labute approximate surface area is 173 Å². The third kappa shape index (κ3) is 6.14. The molecule has 0 spiro atoms. The summed E-state index contributed by atoms with van der Waals surface area (Å²) < 4.78 is 5.39. The lowest BCUT2D eigenvalue weighted by Gasteiger charge is -2.25. The van der Waals surface area contributed by atoms with Gasteiger partial charge in [-0.1, -0.05) is 24.3 Å². The molecule has 0 aromatic heterocycles. The summed E-state index contributed by atoms with van der Waals surface area (Å²) in [5, 5.41) is 6.24. The number of aliphatic imine (C=N–C) groups is 1. The number of hydrogen-bond donors (Lipinski definition) is 2. The molecule has 154 valence electrons. The number of nitrogens with zero attached hydrogens (tertiary/aromatic N) is 2. The maximum atomic E-state index is 12.8. The summed E-state index contributed by atoms with van der Waals surface area (Å²) in [6.07, 6.45) is 0. The maximum Gasteiger partial charge on any atom is 0.257 e. The first kappa shape index (κ1) is 21.0. The van der Waals surface area contributed by atoms with Gasteiger partial charge in [0.1, 0.15) is 0 Å². The standard InChI is InChI=1S/C23H30N4O2/c1-17-8-9-20(16-19(17)3)22(28)26-23(25-21-7-5-4-6-18(21)2)24-10-11-27-12-14-29-15-13-27/h4-9,16H,10-15H2,1-3H3,(H2,24,25,26,28). The number of rotatable bonds is 5. The predicted molar refractivity (Wildman–Crippen MR) is 118 cm³/mol. The van der Waals surface area contributed by atoms with Gasteiger partial charge in [-0.3, -0.25) is 20.0 Å². The van der Waals surface area contributed by atoms with Crippen molar-refractivity contribution in [1.82, 2.24) is 10.2 Å². The minimum absolute atomic E-state index is 0.167. The van der Waals surface area contributed by atoms with Crippen molar-refractivity contribution >= 4 is 17.6 Å². The Morgan fingerprint density at radius 2 is 1.79 bits per heavy atom. The van der Waals surface area contributed by atoms with Crippen molar-refractivity contribution in [2.75, 3.05) is 44.7 Å². The van der Waals surface area contributed by atoms with Crippen LogP contribution in [0.5, 0.6) is 0 Å². The van der Waals surface area contributed by atoms with E-state index >= 15 is 0 Å². The van der Waals surface area contributed by atoms with Crippen LogP contribution in [0.2, 0.25) is 0 Å². The number of aryl methyl sites for hydroxylation is 3. The molecule has 6 heteroatoms. The summed E-state index contributed by atoms with van der Waals surface area (Å²) in [6, 6.07) is 13.7. The zero-order chi connectivity index (χ0) is 20.6. The van der Waals surface area contributed by atoms with E-state index in [1.807, 2.05) is 63.2 Å². The SMILES string of the molecule is Cc1ccc(C(=O)NC(=NCCN2CCOCC2)Nc2ccccc2C)cc1C. The third-order valence-electron chi connectivity index (χ3n) is 5.19. The molecule has 1 heterocycles. The second-order valence-electron chi connectivity index (χ2n) is 7.38. The quantitative estimate of drug-likeness (QED) is 0.604. The highest BCUT2D eigenvalue weighted by Gasteiger charge is 2.12. The van der Waals surface area contributed by atoms with E-state index in [0.717, 1.165) is 49.7 Å². The molecule has 0 aliphatic carbocycles. The first-order chi connectivity index (χ1) is 14.0. The van der Waals surface area contributed by atoms with E-state index in [4.69, 9.17) is 4.74 Å². The van der Waals surface area contributed by atoms with Crippen molar-refractivity contribution < 1.29 is 9.53 Å². The molecule has 1 aliphatic heterocycles. The minimum Gasteiger partial charge on any atom is -0.379 e. The molecule has 2 N–H and O–H groups in total. The second-order valence-corrected chi connectivity index (χ2v) is 7.38. The average Bonchev–Trinajstić information content (AvgIpc) is 2.72. The fraction of sp³-hybridized carbons (Fsp3) is 0.391. The number of carbonyl (C=O) groups is 1. The zero-order valence-corrected chi connectivity index (χ0v) is 17.5. The monoisotopic (exact) mass is 394 g/mol. The van der Waals surface area contributed by atoms with Crippen LogP contribution in [-0.4, -0.2) is 56.2 Å². The highest BCUT2D eigenvalue weighted by Crippen LogP contribution is 2.13. The van der Waals surface area contributed by atoms with Gasteiger partial charge in [0, 0.05) is 30.9 Å². The van der Waals surface area contributed by atoms with Crippen molar-refractivity contribution in [3.05, 3.63) is 64.7 Å². The first-order valence-corrected chi connectivity index (χ1v) is 10.1. The molecule has 0 radical (unpaired) electrons. The number of amides is 1. The molecule has 1 fully saturated rings. The number of guanidine groups is 1. The molecule has 0 atom stereocenters. The van der Waals surface area contributed by atoms with Gasteiger partial charge in [-0.2, -0.15) is 0 Å². The normalized spacial score (nSPS) is 15.2. The minimum atomic E-state index is -0.167. The summed E-state index contributed by atoms with van der Waals surface area (Å²) >= 11 is 0. The summed E-state index contributed by atoms with van der Waals surface area (Å²) in [5.41, 5.74) is 4.90. The molecule has 1 aliphatic rings. The van der Waals surface area contributed by atoms with Gasteiger partial charge in [0.15, 0.2) is 0 Å². The van der Waals surface area contributed by atoms with Gasteiger partial charge in [-0.05, 0) is 55.7 Å². The molecular weight excluding hydrogens is 364 g/mol. The van der Waals surface area contributed by atoms with Crippen LogP contribution in [0, 0.1) is 20.8 Å². The molecule has 0 bridgehead atoms. The van der Waals surface area contributed by atoms with Gasteiger partial charge < -0.3 is 10.1 Å². The number of ether oxygens (including phenoxy) is 1. The Hall–Kier alpha value is -2.70. The Morgan fingerprint density at radius 1 is 1.03 bits per heavy atom. The van der Waals surface area contributed by atoms with Crippen LogP contribution < -0.4 is 10.6 Å². The van der Waals surface area contributed by atoms with Crippen LogP contribution in [0.15, 0.2) is 47.5 Å². The van der Waals surface area contributed by atoms with Crippen LogP contribution in [0.3, 0.4) is 0 Å². The molecule has 2 aromatic carbocycles. The van der Waals surface area contributed by atoms with Crippen LogP contribution in [0.4, 0.5) is 5.69 Å². The van der Waals surface area contributed by atoms with Gasteiger partial charge in [0.25, 0.3) is 5.91 Å². The number of benzene rings is 2. The molecule has 0 saturated carbocycles. The first-order valence-electron chi connectivity index (χ1n) is 10.1. The van der Waals surface area contributed by atoms with E-state index in [1.54, 1.807) is 0 Å². The smallest absolute Gasteiger partial charge is 0.257 e. The zero-order valence-electron chi connectivity index (χ0n) is 17.5. The van der Waals surface area contributed by atoms with Gasteiger partial charge in [0.2, 0.25) is 5.96 Å². The lowest BCUT2D eigenvalue weighted by atomic mass is 10.1. The second kappa shape index (κ2) is 10.2. The van der Waals surface area contributed by atoms with Crippen LogP contribution in [0.1, 0.15) is 27.0 Å². The molecule has 0 unspecified atom stereocenters. The van der Waals surface area contributed by atoms with Crippen LogP contribution in [-0.2, 0) is 4.74 Å². The Morgan fingerprint density at radius 3 is 2.52 bits per heavy atom. The van der Waals surface area contributed by atoms with E-state index in [-0.39, 0.29) is 5.91 Å². The maximum absolute atomic E-state index is 12.8. The largest absolute Gasteiger partial charge is 0.379 e. The predicted octanol–water partition coefficient (Wildman–Crippen LogP) is 3.14. The van der Waals surface area contributed by atoms with Gasteiger partial charge in [0.05, 0.1) is 19.8 Å². The summed E-state index contributed by atoms with van der Waals surface area (Å²) in [6.45, 7) is 10.9. The summed E-state index contributed by atoms with van der Waals surface area (Å²) in [4.78, 5) is 19.8. The number of carbonyl (C=O) groups excluding carboxylic acids is 1. The van der Waals surface area contributed by atoms with Crippen LogP contribution in [0.25, 0.3) is 0 Å². The van der Waals surface area contributed by atoms with E-state index in [1.165, 1.54) is 5.56 Å². The van der Waals surface area contributed by atoms with Crippen molar-refractivity contribution in [1.29, 1.82) is 0 Å². The molecular formula is C23H30N4O2. The Kier molecular flexibility index (Phi) is 7.38. The summed E-state index contributed by atoms with van der Waals surface area (Å²) in [5.74, 6) is 0.301. The molecule has 6 nitrogen and oxygen atoms in total. The van der Waals surface area contributed by atoms with Gasteiger partial charge in [-0.15, -0.1) is 0 Å². The third-order valence-corrected chi connectivity index (χ3v) is 5.19. The molecule has 29 heavy (non-hydrogen) atoms. The van der Waals surface area contributed by atoms with Crippen molar-refractivity contribution in [3.8, 4) is 0 Å². The topological polar surface area (TPSA) is 66.0 Å². The summed E-state index contributed by atoms with van der Waals surface area (Å²) in [7, 11) is 0. The lowest BCUT2D eigenvalue weighted by Crippen LogP contribution is -2.39. The highest BCUT2D eigenvalue weighted by molar-refractivity contribution is 6.10. The Bertz CT molecular complexity index is 873. The number of morpholine rings is 1. The van der Waals surface area contributed by atoms with Gasteiger partial charge in [-0.25, -0.2) is 0 Å². The van der Waals surface area contributed by atoms with Crippen molar-refractivity contribution in [3.63, 3.8) is 0 Å². The van der Waals surface area contributed by atoms with Crippen molar-refractivity contribution in [2.45, 2.75) is 20.8 Å². The molecule has 2 aromatic rings. The molecule has 1 saturated heterocycles. The number of anilines is 1. The highest BCUT2D eigenvalue weighted by atomic mass is 16.5. The molecule has 3 rings (SSSR count). The number of para-hydroxylation sites is 1. The van der Waals surface area contributed by atoms with Crippen LogP contribution >= 0.6 is 0 Å². The van der Waals surface area contributed by atoms with E-state index in [0.29, 0.717) is 18.1 Å². The number of nitrogens with one attached hydrogen (secondary N) is 2. The lowest BCUT2D eigenvalue weighted by molar-refractivity contribution is 0.0394. The fourth-order valence-corrected chi connectivity index (χ4v) is 3.14.